The predicted molar refractivity (Wildman–Crippen MR) is 76.7 cm³/mol. The first-order valence-corrected chi connectivity index (χ1v) is 7.07. The van der Waals surface area contributed by atoms with Crippen molar-refractivity contribution in [2.75, 3.05) is 6.54 Å². The van der Waals surface area contributed by atoms with Crippen LogP contribution in [0.1, 0.15) is 44.7 Å². The minimum atomic E-state index is -0.155. The third kappa shape index (κ3) is 4.73. The van der Waals surface area contributed by atoms with Crippen molar-refractivity contribution >= 4 is 5.91 Å². The van der Waals surface area contributed by atoms with Crippen LogP contribution in [0.25, 0.3) is 0 Å². The zero-order valence-electron chi connectivity index (χ0n) is 12.7. The summed E-state index contributed by atoms with van der Waals surface area (Å²) in [7, 11) is 0. The Kier molecular flexibility index (Phi) is 4.77. The molecule has 0 saturated heterocycles. The van der Waals surface area contributed by atoms with Crippen LogP contribution in [0.5, 0.6) is 0 Å². The molecule has 21 heavy (non-hydrogen) atoms. The minimum absolute atomic E-state index is 0.00839. The van der Waals surface area contributed by atoms with E-state index in [1.54, 1.807) is 6.26 Å². The summed E-state index contributed by atoms with van der Waals surface area (Å²) in [5, 5.41) is 6.75. The fraction of sp³-hybridized carbons (Fsp3) is 0.533. The summed E-state index contributed by atoms with van der Waals surface area (Å²) in [6.45, 7) is 6.54. The van der Waals surface area contributed by atoms with Crippen molar-refractivity contribution in [2.45, 2.75) is 45.4 Å². The van der Waals surface area contributed by atoms with Gasteiger partial charge in [-0.2, -0.15) is 4.98 Å². The molecule has 2 heterocycles. The number of amides is 1. The molecule has 0 aliphatic rings. The van der Waals surface area contributed by atoms with Crippen molar-refractivity contribution in [3.63, 3.8) is 0 Å². The molecule has 1 amide bonds. The van der Waals surface area contributed by atoms with E-state index in [-0.39, 0.29) is 11.3 Å². The second-order valence-electron chi connectivity index (χ2n) is 5.95. The molecule has 0 unspecified atom stereocenters. The van der Waals surface area contributed by atoms with Crippen LogP contribution in [0.4, 0.5) is 0 Å². The van der Waals surface area contributed by atoms with Crippen LogP contribution >= 0.6 is 0 Å². The summed E-state index contributed by atoms with van der Waals surface area (Å²) in [6.07, 6.45) is 3.19. The summed E-state index contributed by atoms with van der Waals surface area (Å²) >= 11 is 0. The zero-order chi connectivity index (χ0) is 15.3. The first-order chi connectivity index (χ1) is 9.95. The molecular weight excluding hydrogens is 270 g/mol. The van der Waals surface area contributed by atoms with E-state index >= 15 is 0 Å². The van der Waals surface area contributed by atoms with Crippen molar-refractivity contribution in [1.29, 1.82) is 0 Å². The lowest BCUT2D eigenvalue weighted by molar-refractivity contribution is -0.121. The van der Waals surface area contributed by atoms with Gasteiger partial charge in [0.1, 0.15) is 5.76 Å². The maximum atomic E-state index is 11.7. The molecule has 2 aromatic rings. The molecule has 1 N–H and O–H groups in total. The molecule has 6 nitrogen and oxygen atoms in total. The smallest absolute Gasteiger partial charge is 0.232 e. The number of carbonyl (C=O) groups is 1. The largest absolute Gasteiger partial charge is 0.469 e. The van der Waals surface area contributed by atoms with Gasteiger partial charge >= 0.3 is 0 Å². The number of hydrogen-bond acceptors (Lipinski definition) is 5. The van der Waals surface area contributed by atoms with Crippen LogP contribution in [0.3, 0.4) is 0 Å². The predicted octanol–water partition coefficient (Wildman–Crippen LogP) is 2.25. The minimum Gasteiger partial charge on any atom is -0.469 e. The van der Waals surface area contributed by atoms with Gasteiger partial charge in [-0.15, -0.1) is 0 Å². The quantitative estimate of drug-likeness (QED) is 0.882. The Balaban J connectivity index is 1.69. The van der Waals surface area contributed by atoms with Crippen LogP contribution in [-0.4, -0.2) is 22.6 Å². The van der Waals surface area contributed by atoms with Crippen LogP contribution in [0.15, 0.2) is 27.3 Å². The average molecular weight is 291 g/mol. The SMILES string of the molecule is CC(C)(C)c1nc(CCNC(=O)CCc2ccco2)no1. The molecule has 2 rings (SSSR count). The van der Waals surface area contributed by atoms with E-state index in [2.05, 4.69) is 15.5 Å². The van der Waals surface area contributed by atoms with Crippen molar-refractivity contribution in [3.05, 3.63) is 35.9 Å². The number of hydrogen-bond donors (Lipinski definition) is 1. The average Bonchev–Trinajstić information content (AvgIpc) is 3.07. The number of rotatable bonds is 6. The summed E-state index contributed by atoms with van der Waals surface area (Å²) in [6, 6.07) is 3.68. The van der Waals surface area contributed by atoms with E-state index in [0.717, 1.165) is 5.76 Å². The number of carbonyl (C=O) groups excluding carboxylic acids is 1. The molecule has 0 aliphatic carbocycles. The Morgan fingerprint density at radius 1 is 1.33 bits per heavy atom. The van der Waals surface area contributed by atoms with Gasteiger partial charge in [0, 0.05) is 31.2 Å². The lowest BCUT2D eigenvalue weighted by Gasteiger charge is -2.10. The molecule has 0 aromatic carbocycles. The van der Waals surface area contributed by atoms with Gasteiger partial charge in [0.25, 0.3) is 0 Å². The normalized spacial score (nSPS) is 11.6. The van der Waals surface area contributed by atoms with E-state index in [1.807, 2.05) is 32.9 Å². The topological polar surface area (TPSA) is 81.2 Å². The van der Waals surface area contributed by atoms with Crippen molar-refractivity contribution < 1.29 is 13.7 Å². The molecule has 0 bridgehead atoms. The number of aromatic nitrogens is 2. The van der Waals surface area contributed by atoms with Gasteiger partial charge in [-0.1, -0.05) is 25.9 Å². The van der Waals surface area contributed by atoms with E-state index in [4.69, 9.17) is 8.94 Å². The van der Waals surface area contributed by atoms with E-state index in [0.29, 0.717) is 37.5 Å². The monoisotopic (exact) mass is 291 g/mol. The van der Waals surface area contributed by atoms with Gasteiger partial charge in [-0.3, -0.25) is 4.79 Å². The molecule has 0 saturated carbocycles. The van der Waals surface area contributed by atoms with Crippen molar-refractivity contribution in [2.24, 2.45) is 0 Å². The molecule has 0 spiro atoms. The van der Waals surface area contributed by atoms with Gasteiger partial charge in [0.15, 0.2) is 5.82 Å². The third-order valence-electron chi connectivity index (χ3n) is 2.96. The third-order valence-corrected chi connectivity index (χ3v) is 2.96. The number of furan rings is 1. The Bertz CT molecular complexity index is 567. The molecule has 0 aliphatic heterocycles. The highest BCUT2D eigenvalue weighted by Gasteiger charge is 2.21. The standard InChI is InChI=1S/C15H21N3O3/c1-15(2,3)14-17-12(18-21-14)8-9-16-13(19)7-6-11-5-4-10-20-11/h4-5,10H,6-9H2,1-3H3,(H,16,19). The number of nitrogens with zero attached hydrogens (tertiary/aromatic N) is 2. The highest BCUT2D eigenvalue weighted by Crippen LogP contribution is 2.19. The molecule has 0 atom stereocenters. The van der Waals surface area contributed by atoms with E-state index in [9.17, 15) is 4.79 Å². The first kappa shape index (κ1) is 15.3. The van der Waals surface area contributed by atoms with Gasteiger partial charge < -0.3 is 14.3 Å². The van der Waals surface area contributed by atoms with Gasteiger partial charge in [-0.05, 0) is 12.1 Å². The maximum absolute atomic E-state index is 11.7. The van der Waals surface area contributed by atoms with Crippen molar-refractivity contribution in [3.8, 4) is 0 Å². The van der Waals surface area contributed by atoms with Gasteiger partial charge in [0.2, 0.25) is 11.8 Å². The Hall–Kier alpha value is -2.11. The Morgan fingerprint density at radius 3 is 2.76 bits per heavy atom. The summed E-state index contributed by atoms with van der Waals surface area (Å²) in [4.78, 5) is 16.0. The molecule has 2 aromatic heterocycles. The lowest BCUT2D eigenvalue weighted by Crippen LogP contribution is -2.26. The lowest BCUT2D eigenvalue weighted by atomic mass is 9.97. The molecule has 0 fully saturated rings. The summed E-state index contributed by atoms with van der Waals surface area (Å²) < 4.78 is 10.4. The van der Waals surface area contributed by atoms with Gasteiger partial charge in [-0.25, -0.2) is 0 Å². The Morgan fingerprint density at radius 2 is 2.14 bits per heavy atom. The van der Waals surface area contributed by atoms with Gasteiger partial charge in [0.05, 0.1) is 6.26 Å². The van der Waals surface area contributed by atoms with Crippen LogP contribution in [0.2, 0.25) is 0 Å². The van der Waals surface area contributed by atoms with Crippen LogP contribution < -0.4 is 5.32 Å². The van der Waals surface area contributed by atoms with E-state index in [1.165, 1.54) is 0 Å². The number of nitrogens with one attached hydrogen (secondary N) is 1. The number of aryl methyl sites for hydroxylation is 1. The maximum Gasteiger partial charge on any atom is 0.232 e. The highest BCUT2D eigenvalue weighted by molar-refractivity contribution is 5.76. The second kappa shape index (κ2) is 6.56. The van der Waals surface area contributed by atoms with Crippen LogP contribution in [-0.2, 0) is 23.1 Å². The molecule has 114 valence electrons. The molecular formula is C15H21N3O3. The van der Waals surface area contributed by atoms with Crippen LogP contribution in [0, 0.1) is 0 Å². The van der Waals surface area contributed by atoms with E-state index < -0.39 is 0 Å². The molecule has 6 heteroatoms. The summed E-state index contributed by atoms with van der Waals surface area (Å²) in [5.41, 5.74) is -0.155. The molecule has 0 radical (unpaired) electrons. The highest BCUT2D eigenvalue weighted by atomic mass is 16.5. The van der Waals surface area contributed by atoms with Crippen molar-refractivity contribution in [1.82, 2.24) is 15.5 Å². The fourth-order valence-electron chi connectivity index (χ4n) is 1.75. The summed E-state index contributed by atoms with van der Waals surface area (Å²) in [5.74, 6) is 2.04. The Labute approximate surface area is 123 Å². The fourth-order valence-corrected chi connectivity index (χ4v) is 1.75. The second-order valence-corrected chi connectivity index (χ2v) is 5.95. The first-order valence-electron chi connectivity index (χ1n) is 7.07. The zero-order valence-corrected chi connectivity index (χ0v) is 12.7.